The molecule has 1 aliphatic rings. The van der Waals surface area contributed by atoms with Gasteiger partial charge in [0.1, 0.15) is 26.2 Å². The number of aryl methyl sites for hydroxylation is 2. The molecule has 1 aromatic carbocycles. The number of piperazine rings is 1. The first-order chi connectivity index (χ1) is 13.6. The van der Waals surface area contributed by atoms with Crippen LogP contribution in [-0.4, -0.2) is 54.0 Å². The Morgan fingerprint density at radius 3 is 2.45 bits per heavy atom. The van der Waals surface area contributed by atoms with Gasteiger partial charge in [0.25, 0.3) is 10.7 Å². The van der Waals surface area contributed by atoms with Crippen LogP contribution in [0.4, 0.5) is 0 Å². The minimum absolute atomic E-state index is 0.118. The predicted molar refractivity (Wildman–Crippen MR) is 114 cm³/mol. The Labute approximate surface area is 177 Å². The first-order valence-electron chi connectivity index (χ1n) is 10.2. The molecule has 0 bridgehead atoms. The highest BCUT2D eigenvalue weighted by atomic mass is 32.1. The molecule has 0 spiro atoms. The summed E-state index contributed by atoms with van der Waals surface area (Å²) in [5, 5.41) is 7.65. The van der Waals surface area contributed by atoms with Crippen LogP contribution in [0.3, 0.4) is 0 Å². The number of quaternary nitrogens is 2. The smallest absolute Gasteiger partial charge is 0.292 e. The molecule has 0 radical (unpaired) electrons. The van der Waals surface area contributed by atoms with Gasteiger partial charge in [-0.2, -0.15) is 4.68 Å². The number of hydrogen-bond donors (Lipinski definition) is 3. The van der Waals surface area contributed by atoms with Crippen LogP contribution in [0.1, 0.15) is 31.9 Å². The van der Waals surface area contributed by atoms with Crippen molar-refractivity contribution in [1.29, 1.82) is 0 Å². The first kappa shape index (κ1) is 21.7. The van der Waals surface area contributed by atoms with Crippen molar-refractivity contribution in [1.82, 2.24) is 15.1 Å². The molecule has 158 valence electrons. The molecule has 0 saturated carbocycles. The molecule has 0 atom stereocenters. The van der Waals surface area contributed by atoms with E-state index in [0.29, 0.717) is 23.9 Å². The highest BCUT2D eigenvalue weighted by Gasteiger charge is 2.27. The fourth-order valence-electron chi connectivity index (χ4n) is 3.59. The summed E-state index contributed by atoms with van der Waals surface area (Å²) in [6.45, 7) is 15.3. The van der Waals surface area contributed by atoms with Crippen molar-refractivity contribution in [2.24, 2.45) is 0 Å². The van der Waals surface area contributed by atoms with Crippen molar-refractivity contribution in [2.75, 3.05) is 32.7 Å². The van der Waals surface area contributed by atoms with E-state index < -0.39 is 0 Å². The lowest BCUT2D eigenvalue weighted by Gasteiger charge is -2.30. The van der Waals surface area contributed by atoms with Crippen LogP contribution in [0.5, 0.6) is 0 Å². The third-order valence-corrected chi connectivity index (χ3v) is 5.62. The Balaban J connectivity index is 1.56. The minimum atomic E-state index is -0.180. The molecule has 0 unspecified atom stereocenters. The van der Waals surface area contributed by atoms with Crippen LogP contribution in [-0.2, 0) is 11.5 Å². The van der Waals surface area contributed by atoms with Crippen molar-refractivity contribution in [2.45, 2.75) is 46.8 Å². The van der Waals surface area contributed by atoms with Gasteiger partial charge in [-0.3, -0.25) is 4.79 Å². The maximum Gasteiger partial charge on any atom is 0.292 e. The summed E-state index contributed by atoms with van der Waals surface area (Å²) in [7, 11) is 0. The summed E-state index contributed by atoms with van der Waals surface area (Å²) >= 11 is 5.39. The zero-order valence-electron chi connectivity index (χ0n) is 18.1. The maximum absolute atomic E-state index is 12.1. The van der Waals surface area contributed by atoms with E-state index in [4.69, 9.17) is 16.6 Å². The van der Waals surface area contributed by atoms with Gasteiger partial charge in [-0.1, -0.05) is 6.07 Å². The van der Waals surface area contributed by atoms with Gasteiger partial charge in [-0.15, -0.1) is 5.10 Å². The molecule has 3 rings (SSSR count). The van der Waals surface area contributed by atoms with E-state index in [1.165, 1.54) is 20.9 Å². The van der Waals surface area contributed by atoms with Crippen molar-refractivity contribution in [3.63, 3.8) is 0 Å². The minimum Gasteiger partial charge on any atom is -0.409 e. The van der Waals surface area contributed by atoms with E-state index in [0.717, 1.165) is 31.7 Å². The molecule has 0 aliphatic carbocycles. The van der Waals surface area contributed by atoms with Crippen LogP contribution in [0.15, 0.2) is 22.6 Å². The molecule has 7 nitrogen and oxygen atoms in total. The van der Waals surface area contributed by atoms with Crippen molar-refractivity contribution in [3.8, 4) is 11.5 Å². The fraction of sp³-hybridized carbons (Fsp3) is 0.571. The molecule has 1 aliphatic heterocycles. The number of hydrogen-bond acceptors (Lipinski definition) is 4. The van der Waals surface area contributed by atoms with Gasteiger partial charge >= 0.3 is 0 Å². The lowest BCUT2D eigenvalue weighted by atomic mass is 10.1. The molecule has 8 heteroatoms. The molecular formula is C21H33N5O2S+2. The Hall–Kier alpha value is -2.03. The third kappa shape index (κ3) is 5.98. The van der Waals surface area contributed by atoms with Gasteiger partial charge in [-0.05, 0) is 70.1 Å². The Bertz CT molecular complexity index is 920. The molecule has 1 amide bonds. The van der Waals surface area contributed by atoms with Gasteiger partial charge in [0.05, 0.1) is 0 Å². The summed E-state index contributed by atoms with van der Waals surface area (Å²) in [5.74, 6) is 0.688. The number of amides is 1. The highest BCUT2D eigenvalue weighted by Crippen LogP contribution is 2.20. The number of carbonyl (C=O) groups excluding carboxylic acids is 1. The van der Waals surface area contributed by atoms with E-state index >= 15 is 0 Å². The van der Waals surface area contributed by atoms with Gasteiger partial charge in [-0.25, -0.2) is 0 Å². The zero-order chi connectivity index (χ0) is 21.2. The normalized spacial score (nSPS) is 19.9. The molecule has 1 fully saturated rings. The average molecular weight is 420 g/mol. The van der Waals surface area contributed by atoms with E-state index in [1.54, 1.807) is 4.68 Å². The molecule has 2 heterocycles. The van der Waals surface area contributed by atoms with Gasteiger partial charge in [0.15, 0.2) is 13.2 Å². The Kier molecular flexibility index (Phi) is 6.55. The predicted octanol–water partition coefficient (Wildman–Crippen LogP) is 0.145. The molecule has 1 aromatic heterocycles. The molecule has 3 N–H and O–H groups in total. The summed E-state index contributed by atoms with van der Waals surface area (Å²) in [4.78, 5) is 15.3. The Morgan fingerprint density at radius 2 is 1.83 bits per heavy atom. The van der Waals surface area contributed by atoms with E-state index in [-0.39, 0.29) is 11.4 Å². The van der Waals surface area contributed by atoms with E-state index in [9.17, 15) is 4.79 Å². The van der Waals surface area contributed by atoms with Crippen molar-refractivity contribution >= 4 is 18.1 Å². The third-order valence-electron chi connectivity index (χ3n) is 5.32. The molecule has 1 saturated heterocycles. The van der Waals surface area contributed by atoms with Gasteiger partial charge in [0, 0.05) is 11.1 Å². The number of carbonyl (C=O) groups is 1. The van der Waals surface area contributed by atoms with Crippen molar-refractivity contribution in [3.05, 3.63) is 34.2 Å². The maximum atomic E-state index is 12.1. The number of benzene rings is 1. The second-order valence-corrected chi connectivity index (χ2v) is 9.45. The van der Waals surface area contributed by atoms with Crippen molar-refractivity contribution < 1.29 is 19.0 Å². The molecule has 2 aromatic rings. The quantitative estimate of drug-likeness (QED) is 0.604. The monoisotopic (exact) mass is 419 g/mol. The SMILES string of the molecule is Cc1ccc(-c2nn(C[NH+]3CC[NH+](CC(=O)NC(C)(C)C)CC3)c(=S)o2)cc1C. The van der Waals surface area contributed by atoms with Gasteiger partial charge in [0.2, 0.25) is 5.89 Å². The number of nitrogens with one attached hydrogen (secondary N) is 3. The molecule has 29 heavy (non-hydrogen) atoms. The summed E-state index contributed by atoms with van der Waals surface area (Å²) in [6, 6.07) is 6.17. The second-order valence-electron chi connectivity index (χ2n) is 9.10. The number of aromatic nitrogens is 2. The van der Waals surface area contributed by atoms with Crippen LogP contribution in [0.2, 0.25) is 0 Å². The van der Waals surface area contributed by atoms with Crippen LogP contribution >= 0.6 is 12.2 Å². The summed E-state index contributed by atoms with van der Waals surface area (Å²) < 4.78 is 7.54. The van der Waals surface area contributed by atoms with Gasteiger partial charge < -0.3 is 19.5 Å². The first-order valence-corrected chi connectivity index (χ1v) is 10.7. The van der Waals surface area contributed by atoms with Crippen LogP contribution in [0, 0.1) is 18.7 Å². The topological polar surface area (TPSA) is 68.9 Å². The fourth-order valence-corrected chi connectivity index (χ4v) is 3.77. The average Bonchev–Trinajstić information content (AvgIpc) is 2.98. The van der Waals surface area contributed by atoms with E-state index in [1.807, 2.05) is 26.8 Å². The second kappa shape index (κ2) is 8.77. The lowest BCUT2D eigenvalue weighted by molar-refractivity contribution is -1.02. The standard InChI is InChI=1S/C21H31N5O2S/c1-15-6-7-17(12-16(15)2)19-23-26(20(29)28-19)14-25-10-8-24(9-11-25)13-18(27)22-21(3,4)5/h6-7,12H,8-11,13-14H2,1-5H3,(H,22,27)/p+2. The largest absolute Gasteiger partial charge is 0.409 e. The number of nitrogens with zero attached hydrogens (tertiary/aromatic N) is 2. The van der Waals surface area contributed by atoms with Crippen LogP contribution < -0.4 is 15.1 Å². The highest BCUT2D eigenvalue weighted by molar-refractivity contribution is 7.71. The lowest BCUT2D eigenvalue weighted by Crippen LogP contribution is -3.28. The van der Waals surface area contributed by atoms with Crippen LogP contribution in [0.25, 0.3) is 11.5 Å². The Morgan fingerprint density at radius 1 is 1.17 bits per heavy atom. The zero-order valence-corrected chi connectivity index (χ0v) is 18.9. The summed E-state index contributed by atoms with van der Waals surface area (Å²) in [6.07, 6.45) is 0. The summed E-state index contributed by atoms with van der Waals surface area (Å²) in [5.41, 5.74) is 3.22. The number of rotatable bonds is 5. The molecular weight excluding hydrogens is 386 g/mol. The van der Waals surface area contributed by atoms with E-state index in [2.05, 4.69) is 36.4 Å².